The molecule has 1 aliphatic rings. The maximum Gasteiger partial charge on any atom is 0.426 e. The Morgan fingerprint density at radius 2 is 2.11 bits per heavy atom. The summed E-state index contributed by atoms with van der Waals surface area (Å²) in [6.07, 6.45) is -7.31. The summed E-state index contributed by atoms with van der Waals surface area (Å²) in [7, 11) is 0. The lowest BCUT2D eigenvalue weighted by molar-refractivity contribution is -0.217. The maximum atomic E-state index is 12.7. The molecule has 0 radical (unpaired) electrons. The molecule has 3 nitrogen and oxygen atoms in total. The van der Waals surface area contributed by atoms with Gasteiger partial charge in [-0.3, -0.25) is 4.79 Å². The molecule has 2 rings (SSSR count). The van der Waals surface area contributed by atoms with Crippen LogP contribution in [0, 0.1) is 5.92 Å². The quantitative estimate of drug-likeness (QED) is 0.860. The van der Waals surface area contributed by atoms with Crippen molar-refractivity contribution in [3.63, 3.8) is 0 Å². The highest BCUT2D eigenvalue weighted by Crippen LogP contribution is 2.39. The van der Waals surface area contributed by atoms with Gasteiger partial charge >= 0.3 is 12.1 Å². The van der Waals surface area contributed by atoms with E-state index < -0.39 is 24.2 Å². The van der Waals surface area contributed by atoms with Gasteiger partial charge in [0.1, 0.15) is 11.7 Å². The molecule has 0 aromatic heterocycles. The van der Waals surface area contributed by atoms with E-state index in [4.69, 9.17) is 21.4 Å². The summed E-state index contributed by atoms with van der Waals surface area (Å²) in [6, 6.07) is 4.13. The third-order valence-corrected chi connectivity index (χ3v) is 2.96. The fourth-order valence-electron chi connectivity index (χ4n) is 1.90. The maximum absolute atomic E-state index is 12.7. The predicted molar refractivity (Wildman–Crippen MR) is 56.8 cm³/mol. The smallest absolute Gasteiger partial charge is 0.426 e. The Morgan fingerprint density at radius 3 is 2.67 bits per heavy atom. The number of alkyl halides is 3. The Hall–Kier alpha value is -1.43. The Labute approximate surface area is 105 Å². The Kier molecular flexibility index (Phi) is 3.14. The van der Waals surface area contributed by atoms with Gasteiger partial charge in [0, 0.05) is 5.02 Å². The van der Waals surface area contributed by atoms with E-state index in [0.29, 0.717) is 10.6 Å². The van der Waals surface area contributed by atoms with Crippen molar-refractivity contribution < 1.29 is 27.8 Å². The number of fused-ring (bicyclic) bond motifs is 1. The monoisotopic (exact) mass is 280 g/mol. The molecule has 1 aromatic carbocycles. The van der Waals surface area contributed by atoms with Gasteiger partial charge in [-0.2, -0.15) is 13.2 Å². The molecule has 0 spiro atoms. The fourth-order valence-corrected chi connectivity index (χ4v) is 2.09. The van der Waals surface area contributed by atoms with Crippen LogP contribution in [0.15, 0.2) is 18.2 Å². The minimum Gasteiger partial charge on any atom is -0.481 e. The minimum atomic E-state index is -4.72. The van der Waals surface area contributed by atoms with Crippen LogP contribution in [0.1, 0.15) is 5.56 Å². The van der Waals surface area contributed by atoms with Crippen LogP contribution in [0.25, 0.3) is 0 Å². The van der Waals surface area contributed by atoms with Crippen molar-refractivity contribution in [3.8, 4) is 5.75 Å². The lowest BCUT2D eigenvalue weighted by Crippen LogP contribution is -2.47. The lowest BCUT2D eigenvalue weighted by Gasteiger charge is -2.32. The topological polar surface area (TPSA) is 46.5 Å². The second-order valence-corrected chi connectivity index (χ2v) is 4.42. The van der Waals surface area contributed by atoms with Gasteiger partial charge in [0.15, 0.2) is 0 Å². The van der Waals surface area contributed by atoms with Gasteiger partial charge in [0.2, 0.25) is 6.10 Å². The summed E-state index contributed by atoms with van der Waals surface area (Å²) in [6.45, 7) is 0. The molecule has 0 saturated carbocycles. The molecule has 0 saturated heterocycles. The number of hydrogen-bond donors (Lipinski definition) is 1. The summed E-state index contributed by atoms with van der Waals surface area (Å²) in [5.74, 6) is -3.17. The van der Waals surface area contributed by atoms with Crippen molar-refractivity contribution in [2.75, 3.05) is 0 Å². The van der Waals surface area contributed by atoms with Crippen LogP contribution < -0.4 is 4.74 Å². The SMILES string of the molecule is O=C(O)[C@@H]1Cc2cc(Cl)ccc2O[C@H]1C(F)(F)F. The summed E-state index contributed by atoms with van der Waals surface area (Å²) in [5, 5.41) is 9.18. The second kappa shape index (κ2) is 4.35. The molecule has 18 heavy (non-hydrogen) atoms. The van der Waals surface area contributed by atoms with Crippen molar-refractivity contribution in [3.05, 3.63) is 28.8 Å². The lowest BCUT2D eigenvalue weighted by atomic mass is 9.90. The van der Waals surface area contributed by atoms with Crippen LogP contribution in [0.4, 0.5) is 13.2 Å². The Bertz CT molecular complexity index is 487. The number of benzene rings is 1. The normalized spacial score (nSPS) is 23.1. The Balaban J connectivity index is 2.40. The number of carbonyl (C=O) groups is 1. The second-order valence-electron chi connectivity index (χ2n) is 3.98. The molecule has 1 aromatic rings. The molecular formula is C11H8ClF3O3. The van der Waals surface area contributed by atoms with Crippen molar-refractivity contribution in [1.29, 1.82) is 0 Å². The van der Waals surface area contributed by atoms with Crippen LogP contribution in [0.5, 0.6) is 5.75 Å². The molecule has 0 amide bonds. The average molecular weight is 281 g/mol. The molecule has 98 valence electrons. The van der Waals surface area contributed by atoms with Crippen LogP contribution in [0.3, 0.4) is 0 Å². The van der Waals surface area contributed by atoms with Crippen LogP contribution in [0.2, 0.25) is 5.02 Å². The van der Waals surface area contributed by atoms with Crippen molar-refractivity contribution in [2.24, 2.45) is 5.92 Å². The zero-order valence-corrected chi connectivity index (χ0v) is 9.63. The van der Waals surface area contributed by atoms with E-state index in [1.807, 2.05) is 0 Å². The molecule has 1 aliphatic heterocycles. The van der Waals surface area contributed by atoms with E-state index in [-0.39, 0.29) is 12.2 Å². The average Bonchev–Trinajstić information content (AvgIpc) is 2.25. The Morgan fingerprint density at radius 1 is 1.44 bits per heavy atom. The molecular weight excluding hydrogens is 273 g/mol. The number of hydrogen-bond acceptors (Lipinski definition) is 2. The van der Waals surface area contributed by atoms with E-state index in [0.717, 1.165) is 0 Å². The number of ether oxygens (including phenoxy) is 1. The molecule has 1 heterocycles. The van der Waals surface area contributed by atoms with Gasteiger partial charge in [0.05, 0.1) is 0 Å². The van der Waals surface area contributed by atoms with Gasteiger partial charge in [-0.25, -0.2) is 0 Å². The number of aliphatic carboxylic acids is 1. The zero-order valence-electron chi connectivity index (χ0n) is 8.87. The van der Waals surface area contributed by atoms with Gasteiger partial charge in [-0.1, -0.05) is 11.6 Å². The van der Waals surface area contributed by atoms with Gasteiger partial charge in [0.25, 0.3) is 0 Å². The van der Waals surface area contributed by atoms with Gasteiger partial charge < -0.3 is 9.84 Å². The first kappa shape index (κ1) is 13.0. The number of rotatable bonds is 1. The molecule has 1 N–H and O–H groups in total. The van der Waals surface area contributed by atoms with Gasteiger partial charge in [-0.05, 0) is 30.2 Å². The highest BCUT2D eigenvalue weighted by atomic mass is 35.5. The van der Waals surface area contributed by atoms with E-state index in [1.54, 1.807) is 0 Å². The van der Waals surface area contributed by atoms with E-state index in [1.165, 1.54) is 18.2 Å². The van der Waals surface area contributed by atoms with Crippen LogP contribution >= 0.6 is 11.6 Å². The highest BCUT2D eigenvalue weighted by molar-refractivity contribution is 6.30. The van der Waals surface area contributed by atoms with E-state index >= 15 is 0 Å². The first-order valence-electron chi connectivity index (χ1n) is 5.03. The molecule has 2 atom stereocenters. The molecule has 7 heteroatoms. The summed E-state index contributed by atoms with van der Waals surface area (Å²) < 4.78 is 42.9. The number of carboxylic acid groups (broad SMARTS) is 1. The van der Waals surface area contributed by atoms with Crippen LogP contribution in [-0.4, -0.2) is 23.4 Å². The van der Waals surface area contributed by atoms with Crippen molar-refractivity contribution in [1.82, 2.24) is 0 Å². The van der Waals surface area contributed by atoms with E-state index in [9.17, 15) is 18.0 Å². The first-order valence-corrected chi connectivity index (χ1v) is 5.41. The van der Waals surface area contributed by atoms with Crippen molar-refractivity contribution >= 4 is 17.6 Å². The minimum absolute atomic E-state index is 0.0271. The molecule has 0 bridgehead atoms. The third-order valence-electron chi connectivity index (χ3n) is 2.72. The summed E-state index contributed by atoms with van der Waals surface area (Å²) in [4.78, 5) is 10.9. The number of halogens is 4. The van der Waals surface area contributed by atoms with Gasteiger partial charge in [-0.15, -0.1) is 0 Å². The standard InChI is InChI=1S/C11H8ClF3O3/c12-6-1-2-8-5(3-6)4-7(10(16)17)9(18-8)11(13,14)15/h1-3,7,9H,4H2,(H,16,17)/t7-,9-/m1/s1. The highest BCUT2D eigenvalue weighted by Gasteiger charge is 2.52. The summed E-state index contributed by atoms with van der Waals surface area (Å²) >= 11 is 5.71. The zero-order chi connectivity index (χ0) is 13.5. The fraction of sp³-hybridized carbons (Fsp3) is 0.364. The third kappa shape index (κ3) is 2.38. The summed E-state index contributed by atoms with van der Waals surface area (Å²) in [5.41, 5.74) is 0.371. The first-order chi connectivity index (χ1) is 8.29. The molecule has 0 aliphatic carbocycles. The van der Waals surface area contributed by atoms with Crippen molar-refractivity contribution in [2.45, 2.75) is 18.7 Å². The van der Waals surface area contributed by atoms with E-state index in [2.05, 4.69) is 0 Å². The number of carboxylic acids is 1. The molecule has 0 fully saturated rings. The van der Waals surface area contributed by atoms with Crippen LogP contribution in [-0.2, 0) is 11.2 Å². The largest absolute Gasteiger partial charge is 0.481 e. The predicted octanol–water partition coefficient (Wildman–Crippen LogP) is 2.91. The molecule has 0 unspecified atom stereocenters.